The second-order valence-corrected chi connectivity index (χ2v) is 6.51. The lowest BCUT2D eigenvalue weighted by Crippen LogP contribution is -2.35. The predicted octanol–water partition coefficient (Wildman–Crippen LogP) is 2.56. The summed E-state index contributed by atoms with van der Waals surface area (Å²) in [6, 6.07) is 0. The first-order valence-electron chi connectivity index (χ1n) is 8.73. The van der Waals surface area contributed by atoms with Gasteiger partial charge in [0.1, 0.15) is 6.23 Å². The average Bonchev–Trinajstić information content (AvgIpc) is 3.00. The molecule has 130 valence electrons. The summed E-state index contributed by atoms with van der Waals surface area (Å²) >= 11 is 0. The lowest BCUT2D eigenvalue weighted by molar-refractivity contribution is -0.154. The molecule has 0 bridgehead atoms. The summed E-state index contributed by atoms with van der Waals surface area (Å²) in [6.45, 7) is 2.81. The van der Waals surface area contributed by atoms with Gasteiger partial charge in [-0.05, 0) is 18.8 Å². The molecule has 0 amide bonds. The Balaban J connectivity index is 1.83. The largest absolute Gasteiger partial charge is 0.479 e. The number of carboxylic acids is 1. The van der Waals surface area contributed by atoms with Crippen LogP contribution in [0.1, 0.15) is 57.6 Å². The molecule has 1 aromatic heterocycles. The van der Waals surface area contributed by atoms with Crippen molar-refractivity contribution in [1.82, 2.24) is 9.55 Å². The third kappa shape index (κ3) is 5.95. The highest BCUT2D eigenvalue weighted by Crippen LogP contribution is 2.26. The number of hydrogen-bond acceptors (Lipinski definition) is 4. The molecule has 1 aliphatic carbocycles. The van der Waals surface area contributed by atoms with E-state index in [9.17, 15) is 9.90 Å². The number of nitrogens with zero attached hydrogens (tertiary/aromatic N) is 2. The molecule has 0 unspecified atom stereocenters. The number of rotatable bonds is 9. The molecule has 1 heterocycles. The summed E-state index contributed by atoms with van der Waals surface area (Å²) in [5.74, 6) is -0.169. The minimum atomic E-state index is -0.995. The number of ether oxygens (including phenoxy) is 1. The predicted molar refractivity (Wildman–Crippen MR) is 87.9 cm³/mol. The minimum absolute atomic E-state index is 0.249. The number of aromatic nitrogens is 2. The molecule has 2 atom stereocenters. The fourth-order valence-corrected chi connectivity index (χ4v) is 3.13. The number of aliphatic carboxylic acids is 1. The lowest BCUT2D eigenvalue weighted by Gasteiger charge is -2.21. The Morgan fingerprint density at radius 3 is 2.87 bits per heavy atom. The molecule has 1 aliphatic rings. The molecule has 3 N–H and O–H groups in total. The van der Waals surface area contributed by atoms with Gasteiger partial charge in [0.25, 0.3) is 0 Å². The molecule has 1 saturated carbocycles. The molecule has 23 heavy (non-hydrogen) atoms. The number of imidazole rings is 1. The lowest BCUT2D eigenvalue weighted by atomic mass is 9.87. The highest BCUT2D eigenvalue weighted by Gasteiger charge is 2.22. The van der Waals surface area contributed by atoms with Crippen molar-refractivity contribution in [1.29, 1.82) is 0 Å². The van der Waals surface area contributed by atoms with Crippen molar-refractivity contribution in [2.24, 2.45) is 11.7 Å². The molecule has 0 spiro atoms. The fourth-order valence-electron chi connectivity index (χ4n) is 3.13. The number of aryl methyl sites for hydroxylation is 1. The van der Waals surface area contributed by atoms with Crippen molar-refractivity contribution < 1.29 is 14.6 Å². The molecule has 0 saturated heterocycles. The molecule has 0 aromatic carbocycles. The van der Waals surface area contributed by atoms with Crippen LogP contribution in [-0.4, -0.2) is 33.0 Å². The molecule has 1 fully saturated rings. The van der Waals surface area contributed by atoms with E-state index in [0.29, 0.717) is 6.42 Å². The standard InChI is InChI=1S/C17H29N3O3/c1-2-16(18)23-15(17(21)22)10-14-11-20(12-19-14)9-8-13-6-4-3-5-7-13/h11-13,15-16H,2-10,18H2,1H3,(H,21,22)/t15-,16-/m1/s1. The Morgan fingerprint density at radius 1 is 1.48 bits per heavy atom. The van der Waals surface area contributed by atoms with E-state index in [2.05, 4.69) is 9.55 Å². The maximum atomic E-state index is 11.3. The molecule has 0 aliphatic heterocycles. The van der Waals surface area contributed by atoms with Gasteiger partial charge in [-0.2, -0.15) is 0 Å². The highest BCUT2D eigenvalue weighted by molar-refractivity contribution is 5.72. The quantitative estimate of drug-likeness (QED) is 0.682. The van der Waals surface area contributed by atoms with Crippen LogP contribution in [0, 0.1) is 5.92 Å². The first kappa shape index (κ1) is 17.9. The van der Waals surface area contributed by atoms with Crippen LogP contribution >= 0.6 is 0 Å². The van der Waals surface area contributed by atoms with Crippen LogP contribution in [0.2, 0.25) is 0 Å². The van der Waals surface area contributed by atoms with Crippen LogP contribution in [-0.2, 0) is 22.5 Å². The Bertz CT molecular complexity index is 483. The average molecular weight is 323 g/mol. The zero-order chi connectivity index (χ0) is 16.7. The first-order chi connectivity index (χ1) is 11.1. The summed E-state index contributed by atoms with van der Waals surface area (Å²) < 4.78 is 7.42. The van der Waals surface area contributed by atoms with Crippen molar-refractivity contribution in [2.75, 3.05) is 0 Å². The van der Waals surface area contributed by atoms with Crippen molar-refractivity contribution in [3.63, 3.8) is 0 Å². The van der Waals surface area contributed by atoms with Gasteiger partial charge < -0.3 is 20.1 Å². The van der Waals surface area contributed by atoms with Gasteiger partial charge in [0.15, 0.2) is 6.10 Å². The normalized spacial score (nSPS) is 18.7. The van der Waals surface area contributed by atoms with Crippen molar-refractivity contribution in [2.45, 2.75) is 77.2 Å². The van der Waals surface area contributed by atoms with E-state index >= 15 is 0 Å². The molecule has 1 aromatic rings. The van der Waals surface area contributed by atoms with Crippen LogP contribution < -0.4 is 5.73 Å². The van der Waals surface area contributed by atoms with E-state index in [-0.39, 0.29) is 6.42 Å². The fraction of sp³-hybridized carbons (Fsp3) is 0.765. The summed E-state index contributed by atoms with van der Waals surface area (Å²) in [5, 5.41) is 9.24. The number of carboxylic acid groups (broad SMARTS) is 1. The maximum absolute atomic E-state index is 11.3. The Morgan fingerprint density at radius 2 is 2.22 bits per heavy atom. The molecular weight excluding hydrogens is 294 g/mol. The van der Waals surface area contributed by atoms with Gasteiger partial charge in [-0.1, -0.05) is 39.0 Å². The Kier molecular flexibility index (Phi) is 7.05. The maximum Gasteiger partial charge on any atom is 0.333 e. The zero-order valence-corrected chi connectivity index (χ0v) is 14.0. The topological polar surface area (TPSA) is 90.4 Å². The summed E-state index contributed by atoms with van der Waals surface area (Å²) in [5.41, 5.74) is 6.43. The number of nitrogens with two attached hydrogens (primary N) is 1. The van der Waals surface area contributed by atoms with Crippen molar-refractivity contribution in [3.05, 3.63) is 18.2 Å². The third-order valence-corrected chi connectivity index (χ3v) is 4.62. The van der Waals surface area contributed by atoms with Crippen LogP contribution in [0.5, 0.6) is 0 Å². The van der Waals surface area contributed by atoms with Crippen LogP contribution in [0.25, 0.3) is 0 Å². The van der Waals surface area contributed by atoms with E-state index in [0.717, 1.165) is 18.2 Å². The van der Waals surface area contributed by atoms with E-state index in [1.807, 2.05) is 13.1 Å². The summed E-state index contributed by atoms with van der Waals surface area (Å²) in [6.07, 6.45) is 11.0. The van der Waals surface area contributed by atoms with E-state index in [4.69, 9.17) is 10.5 Å². The van der Waals surface area contributed by atoms with Crippen LogP contribution in [0.4, 0.5) is 0 Å². The zero-order valence-electron chi connectivity index (χ0n) is 14.0. The van der Waals surface area contributed by atoms with Gasteiger partial charge in [-0.25, -0.2) is 9.78 Å². The van der Waals surface area contributed by atoms with E-state index < -0.39 is 18.3 Å². The SMILES string of the molecule is CC[C@H](N)O[C@H](Cc1cn(CCC2CCCCC2)cn1)C(=O)O. The summed E-state index contributed by atoms with van der Waals surface area (Å²) in [4.78, 5) is 15.6. The van der Waals surface area contributed by atoms with Crippen molar-refractivity contribution >= 4 is 5.97 Å². The van der Waals surface area contributed by atoms with Crippen molar-refractivity contribution in [3.8, 4) is 0 Å². The summed E-state index contributed by atoms with van der Waals surface area (Å²) in [7, 11) is 0. The van der Waals surface area contributed by atoms with E-state index in [1.54, 1.807) is 6.33 Å². The second kappa shape index (κ2) is 9.03. The molecule has 0 radical (unpaired) electrons. The van der Waals surface area contributed by atoms with Gasteiger partial charge in [-0.3, -0.25) is 0 Å². The van der Waals surface area contributed by atoms with Gasteiger partial charge >= 0.3 is 5.97 Å². The monoisotopic (exact) mass is 323 g/mol. The molecule has 6 heteroatoms. The van der Waals surface area contributed by atoms with Gasteiger partial charge in [0.2, 0.25) is 0 Å². The first-order valence-corrected chi connectivity index (χ1v) is 8.73. The smallest absolute Gasteiger partial charge is 0.333 e. The Hall–Kier alpha value is -1.40. The van der Waals surface area contributed by atoms with Gasteiger partial charge in [-0.15, -0.1) is 0 Å². The number of hydrogen-bond donors (Lipinski definition) is 2. The van der Waals surface area contributed by atoms with Gasteiger partial charge in [0, 0.05) is 19.2 Å². The van der Waals surface area contributed by atoms with Crippen LogP contribution in [0.3, 0.4) is 0 Å². The van der Waals surface area contributed by atoms with Gasteiger partial charge in [0.05, 0.1) is 12.0 Å². The number of carbonyl (C=O) groups is 1. The molecule has 6 nitrogen and oxygen atoms in total. The minimum Gasteiger partial charge on any atom is -0.479 e. The third-order valence-electron chi connectivity index (χ3n) is 4.62. The second-order valence-electron chi connectivity index (χ2n) is 6.51. The Labute approximate surface area is 138 Å². The molecular formula is C17H29N3O3. The highest BCUT2D eigenvalue weighted by atomic mass is 16.5. The van der Waals surface area contributed by atoms with E-state index in [1.165, 1.54) is 38.5 Å². The van der Waals surface area contributed by atoms with Crippen LogP contribution in [0.15, 0.2) is 12.5 Å². The molecule has 2 rings (SSSR count).